The normalized spacial score (nSPS) is 28.2. The van der Waals surface area contributed by atoms with Crippen LogP contribution in [-0.4, -0.2) is 25.0 Å². The number of hydrogen-bond donors (Lipinski definition) is 0. The van der Waals surface area contributed by atoms with Crippen molar-refractivity contribution >= 4 is 15.9 Å². The first-order chi connectivity index (χ1) is 6.25. The molecule has 5 heteroatoms. The van der Waals surface area contributed by atoms with Crippen LogP contribution in [0.2, 0.25) is 0 Å². The molecule has 4 nitrogen and oxygen atoms in total. The van der Waals surface area contributed by atoms with Crippen molar-refractivity contribution in [1.82, 2.24) is 20.2 Å². The van der Waals surface area contributed by atoms with Crippen molar-refractivity contribution in [1.29, 1.82) is 0 Å². The van der Waals surface area contributed by atoms with E-state index in [0.29, 0.717) is 10.7 Å². The Morgan fingerprint density at radius 1 is 1.54 bits per heavy atom. The van der Waals surface area contributed by atoms with E-state index in [-0.39, 0.29) is 0 Å². The summed E-state index contributed by atoms with van der Waals surface area (Å²) in [6.07, 6.45) is 4.85. The predicted octanol–water partition coefficient (Wildman–Crippen LogP) is 1.32. The molecule has 13 heavy (non-hydrogen) atoms. The molecular weight excluding hydrogens is 232 g/mol. The fraction of sp³-hybridized carbons (Fsp3) is 0.875. The highest BCUT2D eigenvalue weighted by Crippen LogP contribution is 2.33. The van der Waals surface area contributed by atoms with E-state index in [1.54, 1.807) is 7.05 Å². The van der Waals surface area contributed by atoms with Gasteiger partial charge in [0.05, 0.1) is 7.05 Å². The van der Waals surface area contributed by atoms with Crippen LogP contribution in [0.15, 0.2) is 0 Å². The van der Waals surface area contributed by atoms with Crippen LogP contribution in [-0.2, 0) is 13.5 Å². The van der Waals surface area contributed by atoms with Crippen molar-refractivity contribution in [3.05, 3.63) is 5.82 Å². The predicted molar refractivity (Wildman–Crippen MR) is 52.6 cm³/mol. The maximum absolute atomic E-state index is 4.18. The molecule has 1 aromatic rings. The Labute approximate surface area is 85.8 Å². The van der Waals surface area contributed by atoms with Gasteiger partial charge in [0, 0.05) is 11.2 Å². The molecule has 1 fully saturated rings. The van der Waals surface area contributed by atoms with Crippen LogP contribution < -0.4 is 0 Å². The maximum atomic E-state index is 4.18. The smallest absolute Gasteiger partial charge is 0.167 e. The number of aromatic nitrogens is 4. The summed E-state index contributed by atoms with van der Waals surface area (Å²) >= 11 is 3.69. The summed E-state index contributed by atoms with van der Waals surface area (Å²) < 4.78 is 0. The second-order valence-corrected chi connectivity index (χ2v) is 4.78. The second-order valence-electron chi connectivity index (χ2n) is 3.61. The van der Waals surface area contributed by atoms with E-state index in [1.807, 2.05) is 0 Å². The Balaban J connectivity index is 1.97. The van der Waals surface area contributed by atoms with Crippen LogP contribution in [0.25, 0.3) is 0 Å². The molecule has 0 N–H and O–H groups in total. The van der Waals surface area contributed by atoms with Gasteiger partial charge in [-0.15, -0.1) is 10.2 Å². The molecule has 2 rings (SSSR count). The van der Waals surface area contributed by atoms with E-state index in [1.165, 1.54) is 24.1 Å². The number of aryl methyl sites for hydroxylation is 1. The van der Waals surface area contributed by atoms with Crippen molar-refractivity contribution in [2.24, 2.45) is 13.0 Å². The molecule has 1 aromatic heterocycles. The quantitative estimate of drug-likeness (QED) is 0.738. The zero-order chi connectivity index (χ0) is 9.26. The second kappa shape index (κ2) is 3.74. The maximum Gasteiger partial charge on any atom is 0.175 e. The molecule has 0 aromatic carbocycles. The van der Waals surface area contributed by atoms with Gasteiger partial charge in [-0.3, -0.25) is 0 Å². The summed E-state index contributed by atoms with van der Waals surface area (Å²) in [5, 5.41) is 12.0. The average molecular weight is 245 g/mol. The number of tetrazole rings is 1. The van der Waals surface area contributed by atoms with Crippen molar-refractivity contribution in [3.8, 4) is 0 Å². The molecule has 0 radical (unpaired) electrons. The van der Waals surface area contributed by atoms with Crippen molar-refractivity contribution in [2.45, 2.75) is 30.5 Å². The molecule has 0 bridgehead atoms. The lowest BCUT2D eigenvalue weighted by Gasteiger charge is -2.09. The minimum absolute atomic E-state index is 0.649. The largest absolute Gasteiger partial charge is 0.175 e. The van der Waals surface area contributed by atoms with Gasteiger partial charge in [0.2, 0.25) is 0 Å². The van der Waals surface area contributed by atoms with Gasteiger partial charge in [-0.2, -0.15) is 4.80 Å². The fourth-order valence-corrected chi connectivity index (χ4v) is 2.64. The highest BCUT2D eigenvalue weighted by Gasteiger charge is 2.26. The van der Waals surface area contributed by atoms with Crippen molar-refractivity contribution < 1.29 is 0 Å². The van der Waals surface area contributed by atoms with Gasteiger partial charge in [0.15, 0.2) is 5.82 Å². The number of nitrogens with zero attached hydrogens (tertiary/aromatic N) is 4. The van der Waals surface area contributed by atoms with Gasteiger partial charge in [0.1, 0.15) is 0 Å². The minimum Gasteiger partial charge on any atom is -0.167 e. The number of halogens is 1. The van der Waals surface area contributed by atoms with Gasteiger partial charge >= 0.3 is 0 Å². The standard InChI is InChI=1S/C8H13BrN4/c1-13-11-8(10-12-13)5-6-3-2-4-7(6)9/h6-7H,2-5H2,1H3. The molecule has 1 aliphatic rings. The molecule has 0 spiro atoms. The summed E-state index contributed by atoms with van der Waals surface area (Å²) in [5.41, 5.74) is 0. The number of alkyl halides is 1. The van der Waals surface area contributed by atoms with Gasteiger partial charge in [0.25, 0.3) is 0 Å². The lowest BCUT2D eigenvalue weighted by atomic mass is 10.0. The first-order valence-corrected chi connectivity index (χ1v) is 5.54. The van der Waals surface area contributed by atoms with Gasteiger partial charge in [-0.1, -0.05) is 22.4 Å². The molecule has 72 valence electrons. The molecule has 1 aliphatic carbocycles. The Morgan fingerprint density at radius 3 is 2.92 bits per heavy atom. The zero-order valence-electron chi connectivity index (χ0n) is 7.65. The number of rotatable bonds is 2. The molecule has 0 saturated heterocycles. The van der Waals surface area contributed by atoms with Crippen LogP contribution >= 0.6 is 15.9 Å². The van der Waals surface area contributed by atoms with E-state index in [0.717, 1.165) is 12.2 Å². The van der Waals surface area contributed by atoms with Crippen molar-refractivity contribution in [3.63, 3.8) is 0 Å². The van der Waals surface area contributed by atoms with E-state index in [9.17, 15) is 0 Å². The Kier molecular flexibility index (Phi) is 2.62. The van der Waals surface area contributed by atoms with Crippen LogP contribution in [0.5, 0.6) is 0 Å². The first-order valence-electron chi connectivity index (χ1n) is 4.62. The van der Waals surface area contributed by atoms with E-state index >= 15 is 0 Å². The lowest BCUT2D eigenvalue weighted by Crippen LogP contribution is -2.11. The summed E-state index contributed by atoms with van der Waals surface area (Å²) in [4.78, 5) is 2.17. The van der Waals surface area contributed by atoms with E-state index in [2.05, 4.69) is 31.3 Å². The molecular formula is C8H13BrN4. The molecule has 2 atom stereocenters. The third-order valence-corrected chi connectivity index (χ3v) is 3.77. The Hall–Kier alpha value is -0.450. The van der Waals surface area contributed by atoms with Crippen molar-refractivity contribution in [2.75, 3.05) is 0 Å². The number of hydrogen-bond acceptors (Lipinski definition) is 3. The first kappa shape index (κ1) is 9.12. The third-order valence-electron chi connectivity index (χ3n) is 2.56. The third kappa shape index (κ3) is 2.07. The van der Waals surface area contributed by atoms with Crippen LogP contribution in [0.1, 0.15) is 25.1 Å². The highest BCUT2D eigenvalue weighted by atomic mass is 79.9. The molecule has 2 unspecified atom stereocenters. The lowest BCUT2D eigenvalue weighted by molar-refractivity contribution is 0.542. The zero-order valence-corrected chi connectivity index (χ0v) is 9.24. The molecule has 0 aliphatic heterocycles. The topological polar surface area (TPSA) is 43.6 Å². The van der Waals surface area contributed by atoms with E-state index < -0.39 is 0 Å². The Bertz CT molecular complexity index is 285. The van der Waals surface area contributed by atoms with Crippen LogP contribution in [0, 0.1) is 5.92 Å². The molecule has 1 heterocycles. The highest BCUT2D eigenvalue weighted by molar-refractivity contribution is 9.09. The van der Waals surface area contributed by atoms with Crippen LogP contribution in [0.3, 0.4) is 0 Å². The average Bonchev–Trinajstić information content (AvgIpc) is 2.64. The summed E-state index contributed by atoms with van der Waals surface area (Å²) in [6, 6.07) is 0. The monoisotopic (exact) mass is 244 g/mol. The van der Waals surface area contributed by atoms with Gasteiger partial charge < -0.3 is 0 Å². The van der Waals surface area contributed by atoms with Gasteiger partial charge in [-0.05, 0) is 24.0 Å². The van der Waals surface area contributed by atoms with E-state index in [4.69, 9.17) is 0 Å². The van der Waals surface area contributed by atoms with Crippen LogP contribution in [0.4, 0.5) is 0 Å². The molecule has 0 amide bonds. The summed E-state index contributed by atoms with van der Waals surface area (Å²) in [6.45, 7) is 0. The minimum atomic E-state index is 0.649. The fourth-order valence-electron chi connectivity index (χ4n) is 1.86. The molecule has 1 saturated carbocycles. The van der Waals surface area contributed by atoms with Gasteiger partial charge in [-0.25, -0.2) is 0 Å². The Morgan fingerprint density at radius 2 is 2.38 bits per heavy atom. The summed E-state index contributed by atoms with van der Waals surface area (Å²) in [5.74, 6) is 1.57. The SMILES string of the molecule is Cn1nnc(CC2CCCC2Br)n1. The summed E-state index contributed by atoms with van der Waals surface area (Å²) in [7, 11) is 1.80.